The lowest BCUT2D eigenvalue weighted by molar-refractivity contribution is 0.0951. The number of amides is 1. The zero-order valence-corrected chi connectivity index (χ0v) is 13.8. The van der Waals surface area contributed by atoms with Crippen LogP contribution >= 0.6 is 11.6 Å². The van der Waals surface area contributed by atoms with Crippen LogP contribution in [0.1, 0.15) is 34.6 Å². The lowest BCUT2D eigenvalue weighted by Crippen LogP contribution is -2.25. The van der Waals surface area contributed by atoms with Crippen LogP contribution in [0.3, 0.4) is 0 Å². The fourth-order valence-corrected chi connectivity index (χ4v) is 2.76. The largest absolute Gasteiger partial charge is 0.352 e. The first-order chi connectivity index (χ1) is 11.7. The van der Waals surface area contributed by atoms with Gasteiger partial charge in [-0.1, -0.05) is 23.7 Å². The Labute approximate surface area is 144 Å². The molecule has 5 nitrogen and oxygen atoms in total. The first-order valence-electron chi connectivity index (χ1n) is 8.05. The molecule has 3 aromatic rings. The second-order valence-electron chi connectivity index (χ2n) is 6.22. The minimum atomic E-state index is -0.0463. The minimum Gasteiger partial charge on any atom is -0.352 e. The molecule has 1 amide bonds. The van der Waals surface area contributed by atoms with Crippen molar-refractivity contribution in [1.82, 2.24) is 19.9 Å². The Morgan fingerprint density at radius 3 is 2.71 bits per heavy atom. The van der Waals surface area contributed by atoms with Gasteiger partial charge in [-0.3, -0.25) is 9.20 Å². The Balaban J connectivity index is 1.57. The highest BCUT2D eigenvalue weighted by Crippen LogP contribution is 2.27. The number of carbonyl (C=O) groups excluding carboxylic acids is 1. The molecule has 0 saturated heterocycles. The summed E-state index contributed by atoms with van der Waals surface area (Å²) in [5, 5.41) is 12.1. The number of nitrogens with one attached hydrogen (secondary N) is 1. The van der Waals surface area contributed by atoms with Crippen LogP contribution in [0, 0.1) is 5.92 Å². The summed E-state index contributed by atoms with van der Waals surface area (Å²) in [5.74, 6) is 1.41. The number of nitrogens with zero attached hydrogens (tertiary/aromatic N) is 3. The summed E-state index contributed by atoms with van der Waals surface area (Å²) in [4.78, 5) is 12.3. The van der Waals surface area contributed by atoms with Crippen molar-refractivity contribution in [3.05, 3.63) is 64.6 Å². The van der Waals surface area contributed by atoms with E-state index >= 15 is 0 Å². The van der Waals surface area contributed by atoms with E-state index in [4.69, 9.17) is 11.6 Å². The van der Waals surface area contributed by atoms with Crippen LogP contribution in [0.5, 0.6) is 0 Å². The first kappa shape index (κ1) is 15.1. The molecule has 2 aromatic heterocycles. The highest BCUT2D eigenvalue weighted by Gasteiger charge is 2.22. The van der Waals surface area contributed by atoms with Gasteiger partial charge >= 0.3 is 0 Å². The molecule has 0 aliphatic heterocycles. The van der Waals surface area contributed by atoms with Crippen LogP contribution in [-0.4, -0.2) is 27.0 Å². The third kappa shape index (κ3) is 3.26. The molecule has 1 fully saturated rings. The standard InChI is InChI=1S/C18H17ClN4O/c19-15-6-3-12(4-7-15)9-17-22-21-16-8-5-14(11-23(16)17)18(24)20-10-13-1-2-13/h3-8,11,13H,1-2,9-10H2,(H,20,24). The van der Waals surface area contributed by atoms with Gasteiger partial charge in [-0.15, -0.1) is 10.2 Å². The zero-order chi connectivity index (χ0) is 16.5. The highest BCUT2D eigenvalue weighted by molar-refractivity contribution is 6.30. The number of rotatable bonds is 5. The summed E-state index contributed by atoms with van der Waals surface area (Å²) < 4.78 is 1.88. The molecule has 1 aliphatic rings. The second-order valence-corrected chi connectivity index (χ2v) is 6.66. The number of benzene rings is 1. The maximum atomic E-state index is 12.3. The zero-order valence-electron chi connectivity index (χ0n) is 13.1. The topological polar surface area (TPSA) is 59.3 Å². The van der Waals surface area contributed by atoms with E-state index in [1.807, 2.05) is 40.9 Å². The van der Waals surface area contributed by atoms with Gasteiger partial charge in [-0.2, -0.15) is 0 Å². The number of halogens is 1. The first-order valence-corrected chi connectivity index (χ1v) is 8.43. The van der Waals surface area contributed by atoms with E-state index in [0.717, 1.165) is 23.6 Å². The van der Waals surface area contributed by atoms with Crippen molar-refractivity contribution in [2.45, 2.75) is 19.3 Å². The summed E-state index contributed by atoms with van der Waals surface area (Å²) >= 11 is 5.92. The van der Waals surface area contributed by atoms with Crippen LogP contribution in [-0.2, 0) is 6.42 Å². The summed E-state index contributed by atoms with van der Waals surface area (Å²) in [5.41, 5.74) is 2.45. The summed E-state index contributed by atoms with van der Waals surface area (Å²) in [7, 11) is 0. The van der Waals surface area contributed by atoms with Gasteiger partial charge in [0, 0.05) is 24.2 Å². The van der Waals surface area contributed by atoms with E-state index in [1.165, 1.54) is 12.8 Å². The third-order valence-corrected chi connectivity index (χ3v) is 4.51. The molecule has 6 heteroatoms. The van der Waals surface area contributed by atoms with E-state index in [0.29, 0.717) is 22.9 Å². The van der Waals surface area contributed by atoms with E-state index in [-0.39, 0.29) is 5.91 Å². The molecule has 122 valence electrons. The normalized spacial score (nSPS) is 14.0. The fraction of sp³-hybridized carbons (Fsp3) is 0.278. The Morgan fingerprint density at radius 1 is 1.17 bits per heavy atom. The number of fused-ring (bicyclic) bond motifs is 1. The Hall–Kier alpha value is -2.40. The van der Waals surface area contributed by atoms with E-state index in [2.05, 4.69) is 15.5 Å². The summed E-state index contributed by atoms with van der Waals surface area (Å²) in [6.45, 7) is 0.761. The highest BCUT2D eigenvalue weighted by atomic mass is 35.5. The van der Waals surface area contributed by atoms with Gasteiger partial charge in [0.05, 0.1) is 5.56 Å². The van der Waals surface area contributed by atoms with Crippen LogP contribution < -0.4 is 5.32 Å². The van der Waals surface area contributed by atoms with Gasteiger partial charge < -0.3 is 5.32 Å². The van der Waals surface area contributed by atoms with E-state index < -0.39 is 0 Å². The lowest BCUT2D eigenvalue weighted by atomic mass is 10.1. The molecule has 0 radical (unpaired) electrons. The maximum Gasteiger partial charge on any atom is 0.252 e. The smallest absolute Gasteiger partial charge is 0.252 e. The molecule has 0 spiro atoms. The van der Waals surface area contributed by atoms with Gasteiger partial charge in [0.25, 0.3) is 5.91 Å². The molecular weight excluding hydrogens is 324 g/mol. The van der Waals surface area contributed by atoms with Crippen molar-refractivity contribution in [3.8, 4) is 0 Å². The van der Waals surface area contributed by atoms with Crippen LogP contribution in [0.4, 0.5) is 0 Å². The molecule has 1 aliphatic carbocycles. The van der Waals surface area contributed by atoms with Gasteiger partial charge in [-0.25, -0.2) is 0 Å². The molecule has 4 rings (SSSR count). The van der Waals surface area contributed by atoms with Gasteiger partial charge in [0.2, 0.25) is 0 Å². The Morgan fingerprint density at radius 2 is 1.96 bits per heavy atom. The predicted octanol–water partition coefficient (Wildman–Crippen LogP) is 3.11. The number of pyridine rings is 1. The molecular formula is C18H17ClN4O. The van der Waals surface area contributed by atoms with Crippen molar-refractivity contribution in [3.63, 3.8) is 0 Å². The summed E-state index contributed by atoms with van der Waals surface area (Å²) in [6.07, 6.45) is 4.88. The number of aromatic nitrogens is 3. The molecule has 2 heterocycles. The molecule has 1 aromatic carbocycles. The average molecular weight is 341 g/mol. The lowest BCUT2D eigenvalue weighted by Gasteiger charge is -2.06. The number of carbonyl (C=O) groups is 1. The van der Waals surface area contributed by atoms with Crippen molar-refractivity contribution in [2.75, 3.05) is 6.54 Å². The molecule has 0 bridgehead atoms. The number of hydrogen-bond donors (Lipinski definition) is 1. The van der Waals surface area contributed by atoms with E-state index in [1.54, 1.807) is 6.07 Å². The second kappa shape index (κ2) is 6.24. The van der Waals surface area contributed by atoms with Crippen molar-refractivity contribution in [2.24, 2.45) is 5.92 Å². The van der Waals surface area contributed by atoms with Gasteiger partial charge in [-0.05, 0) is 48.6 Å². The minimum absolute atomic E-state index is 0.0463. The van der Waals surface area contributed by atoms with Gasteiger partial charge in [0.1, 0.15) is 5.82 Å². The Bertz CT molecular complexity index is 884. The van der Waals surface area contributed by atoms with Crippen LogP contribution in [0.2, 0.25) is 5.02 Å². The quantitative estimate of drug-likeness (QED) is 0.776. The van der Waals surface area contributed by atoms with Gasteiger partial charge in [0.15, 0.2) is 5.65 Å². The molecule has 0 unspecified atom stereocenters. The maximum absolute atomic E-state index is 12.3. The van der Waals surface area contributed by atoms with Crippen molar-refractivity contribution in [1.29, 1.82) is 0 Å². The van der Waals surface area contributed by atoms with Crippen molar-refractivity contribution < 1.29 is 4.79 Å². The molecule has 24 heavy (non-hydrogen) atoms. The molecule has 1 saturated carbocycles. The number of hydrogen-bond acceptors (Lipinski definition) is 3. The molecule has 0 atom stereocenters. The van der Waals surface area contributed by atoms with Crippen molar-refractivity contribution >= 4 is 23.2 Å². The van der Waals surface area contributed by atoms with E-state index in [9.17, 15) is 4.79 Å². The Kier molecular flexibility index (Phi) is 3.94. The fourth-order valence-electron chi connectivity index (χ4n) is 2.64. The monoisotopic (exact) mass is 340 g/mol. The van der Waals surface area contributed by atoms with Crippen LogP contribution in [0.25, 0.3) is 5.65 Å². The average Bonchev–Trinajstić information content (AvgIpc) is 3.35. The molecule has 1 N–H and O–H groups in total. The SMILES string of the molecule is O=C(NCC1CC1)c1ccc2nnc(Cc3ccc(Cl)cc3)n2c1. The van der Waals surface area contributed by atoms with Crippen LogP contribution in [0.15, 0.2) is 42.6 Å². The third-order valence-electron chi connectivity index (χ3n) is 4.26. The summed E-state index contributed by atoms with van der Waals surface area (Å²) in [6, 6.07) is 11.3. The predicted molar refractivity (Wildman–Crippen MR) is 92.3 cm³/mol.